The molecule has 0 aliphatic carbocycles. The number of carbonyl (C=O) groups excluding carboxylic acids is 1. The Bertz CT molecular complexity index is 754. The lowest BCUT2D eigenvalue weighted by molar-refractivity contribution is -0.0521. The standard InChI is InChI=1S/C19H19F2NO4/c1-24-15-9-5-8-14(17(15)26-19(20)21)18(23)22-10-11-25-16(12-22)13-6-3-2-4-7-13/h2-9,16,19H,10-12H2,1H3. The molecular weight excluding hydrogens is 344 g/mol. The number of morpholine rings is 1. The molecule has 3 rings (SSSR count). The van der Waals surface area contributed by atoms with Crippen LogP contribution >= 0.6 is 0 Å². The molecule has 1 unspecified atom stereocenters. The number of methoxy groups -OCH3 is 1. The maximum absolute atomic E-state index is 12.9. The third-order valence-electron chi connectivity index (χ3n) is 4.16. The van der Waals surface area contributed by atoms with Gasteiger partial charge in [-0.25, -0.2) is 0 Å². The Morgan fingerprint density at radius 1 is 1.19 bits per heavy atom. The van der Waals surface area contributed by atoms with E-state index in [1.807, 2.05) is 30.3 Å². The van der Waals surface area contributed by atoms with Crippen molar-refractivity contribution in [2.45, 2.75) is 12.7 Å². The normalized spacial score (nSPS) is 17.2. The molecular formula is C19H19F2NO4. The number of benzene rings is 2. The van der Waals surface area contributed by atoms with E-state index < -0.39 is 12.5 Å². The number of alkyl halides is 2. The first kappa shape index (κ1) is 18.1. The van der Waals surface area contributed by atoms with Crippen molar-refractivity contribution < 1.29 is 27.8 Å². The van der Waals surface area contributed by atoms with Crippen LogP contribution in [0.4, 0.5) is 8.78 Å². The average Bonchev–Trinajstić information content (AvgIpc) is 2.68. The van der Waals surface area contributed by atoms with E-state index in [9.17, 15) is 13.6 Å². The number of ether oxygens (including phenoxy) is 3. The van der Waals surface area contributed by atoms with Crippen molar-refractivity contribution in [3.8, 4) is 11.5 Å². The Morgan fingerprint density at radius 2 is 1.96 bits per heavy atom. The number of amides is 1. The Balaban J connectivity index is 1.84. The topological polar surface area (TPSA) is 48.0 Å². The van der Waals surface area contributed by atoms with Crippen LogP contribution in [0.3, 0.4) is 0 Å². The maximum Gasteiger partial charge on any atom is 0.387 e. The average molecular weight is 363 g/mol. The largest absolute Gasteiger partial charge is 0.493 e. The van der Waals surface area contributed by atoms with Crippen molar-refractivity contribution in [2.75, 3.05) is 26.8 Å². The SMILES string of the molecule is COc1cccc(C(=O)N2CCOC(c3ccccc3)C2)c1OC(F)F. The molecule has 1 aliphatic heterocycles. The molecule has 0 radical (unpaired) electrons. The van der Waals surface area contributed by atoms with Crippen LogP contribution < -0.4 is 9.47 Å². The van der Waals surface area contributed by atoms with Gasteiger partial charge in [-0.15, -0.1) is 0 Å². The van der Waals surface area contributed by atoms with E-state index in [0.29, 0.717) is 19.7 Å². The van der Waals surface area contributed by atoms with E-state index in [4.69, 9.17) is 9.47 Å². The van der Waals surface area contributed by atoms with Crippen LogP contribution in [-0.4, -0.2) is 44.2 Å². The molecule has 0 aromatic heterocycles. The van der Waals surface area contributed by atoms with Gasteiger partial charge in [0.15, 0.2) is 11.5 Å². The molecule has 0 N–H and O–H groups in total. The second kappa shape index (κ2) is 8.14. The zero-order valence-electron chi connectivity index (χ0n) is 14.2. The summed E-state index contributed by atoms with van der Waals surface area (Å²) in [6.45, 7) is -2.00. The predicted molar refractivity (Wildman–Crippen MR) is 90.7 cm³/mol. The lowest BCUT2D eigenvalue weighted by Crippen LogP contribution is -2.42. The lowest BCUT2D eigenvalue weighted by Gasteiger charge is -2.33. The van der Waals surface area contributed by atoms with Gasteiger partial charge in [-0.1, -0.05) is 36.4 Å². The molecule has 7 heteroatoms. The van der Waals surface area contributed by atoms with Gasteiger partial charge in [0.1, 0.15) is 6.10 Å². The molecule has 2 aromatic carbocycles. The Hall–Kier alpha value is -2.67. The summed E-state index contributed by atoms with van der Waals surface area (Å²) < 4.78 is 40.9. The summed E-state index contributed by atoms with van der Waals surface area (Å²) in [5, 5.41) is 0. The van der Waals surface area contributed by atoms with Gasteiger partial charge in [-0.05, 0) is 17.7 Å². The van der Waals surface area contributed by atoms with Crippen molar-refractivity contribution in [3.05, 3.63) is 59.7 Å². The van der Waals surface area contributed by atoms with Gasteiger partial charge < -0.3 is 19.1 Å². The molecule has 2 aromatic rings. The van der Waals surface area contributed by atoms with E-state index >= 15 is 0 Å². The highest BCUT2D eigenvalue weighted by Gasteiger charge is 2.29. The number of para-hydroxylation sites is 1. The van der Waals surface area contributed by atoms with Crippen molar-refractivity contribution in [1.29, 1.82) is 0 Å². The number of carbonyl (C=O) groups is 1. The maximum atomic E-state index is 12.9. The van der Waals surface area contributed by atoms with E-state index in [-0.39, 0.29) is 23.2 Å². The van der Waals surface area contributed by atoms with Crippen LogP contribution in [0.2, 0.25) is 0 Å². The summed E-state index contributed by atoms with van der Waals surface area (Å²) in [5.74, 6) is -0.564. The van der Waals surface area contributed by atoms with Gasteiger partial charge in [-0.3, -0.25) is 4.79 Å². The van der Waals surface area contributed by atoms with Gasteiger partial charge in [0.05, 0.1) is 25.8 Å². The summed E-state index contributed by atoms with van der Waals surface area (Å²) >= 11 is 0. The van der Waals surface area contributed by atoms with Crippen molar-refractivity contribution >= 4 is 5.91 Å². The first-order valence-electron chi connectivity index (χ1n) is 8.17. The van der Waals surface area contributed by atoms with Crippen LogP contribution in [-0.2, 0) is 4.74 Å². The molecule has 1 atom stereocenters. The molecule has 0 saturated carbocycles. The number of rotatable bonds is 5. The fourth-order valence-electron chi connectivity index (χ4n) is 2.93. The third kappa shape index (κ3) is 3.94. The highest BCUT2D eigenvalue weighted by atomic mass is 19.3. The highest BCUT2D eigenvalue weighted by Crippen LogP contribution is 2.34. The Labute approximate surface area is 150 Å². The predicted octanol–water partition coefficient (Wildman–Crippen LogP) is 3.51. The minimum atomic E-state index is -3.06. The van der Waals surface area contributed by atoms with Crippen molar-refractivity contribution in [3.63, 3.8) is 0 Å². The zero-order valence-corrected chi connectivity index (χ0v) is 14.2. The Kier molecular flexibility index (Phi) is 5.68. The summed E-state index contributed by atoms with van der Waals surface area (Å²) in [5.41, 5.74) is 0.998. The molecule has 1 amide bonds. The van der Waals surface area contributed by atoms with Crippen LogP contribution in [0.1, 0.15) is 22.0 Å². The molecule has 5 nitrogen and oxygen atoms in total. The van der Waals surface area contributed by atoms with Crippen molar-refractivity contribution in [1.82, 2.24) is 4.90 Å². The van der Waals surface area contributed by atoms with E-state index in [2.05, 4.69) is 4.74 Å². The Morgan fingerprint density at radius 3 is 2.65 bits per heavy atom. The molecule has 26 heavy (non-hydrogen) atoms. The fourth-order valence-corrected chi connectivity index (χ4v) is 2.93. The lowest BCUT2D eigenvalue weighted by atomic mass is 10.1. The van der Waals surface area contributed by atoms with Gasteiger partial charge in [0.2, 0.25) is 0 Å². The highest BCUT2D eigenvalue weighted by molar-refractivity contribution is 5.98. The minimum absolute atomic E-state index is 0.0401. The summed E-state index contributed by atoms with van der Waals surface area (Å²) in [6, 6.07) is 14.0. The summed E-state index contributed by atoms with van der Waals surface area (Å²) in [6.07, 6.45) is -0.265. The summed E-state index contributed by atoms with van der Waals surface area (Å²) in [4.78, 5) is 14.5. The molecule has 0 spiro atoms. The molecule has 138 valence electrons. The first-order valence-corrected chi connectivity index (χ1v) is 8.17. The number of hydrogen-bond acceptors (Lipinski definition) is 4. The molecule has 1 saturated heterocycles. The number of hydrogen-bond donors (Lipinski definition) is 0. The third-order valence-corrected chi connectivity index (χ3v) is 4.16. The van der Waals surface area contributed by atoms with Gasteiger partial charge in [0, 0.05) is 6.54 Å². The summed E-state index contributed by atoms with van der Waals surface area (Å²) in [7, 11) is 1.34. The number of halogens is 2. The minimum Gasteiger partial charge on any atom is -0.493 e. The second-order valence-electron chi connectivity index (χ2n) is 5.74. The number of nitrogens with zero attached hydrogens (tertiary/aromatic N) is 1. The van der Waals surface area contributed by atoms with E-state index in [1.54, 1.807) is 11.0 Å². The monoisotopic (exact) mass is 363 g/mol. The molecule has 1 aliphatic rings. The first-order chi connectivity index (χ1) is 12.6. The fraction of sp³-hybridized carbons (Fsp3) is 0.316. The second-order valence-corrected chi connectivity index (χ2v) is 5.74. The van der Waals surface area contributed by atoms with Crippen LogP contribution in [0.15, 0.2) is 48.5 Å². The van der Waals surface area contributed by atoms with Gasteiger partial charge >= 0.3 is 6.61 Å². The van der Waals surface area contributed by atoms with E-state index in [1.165, 1.54) is 19.2 Å². The molecule has 1 heterocycles. The quantitative estimate of drug-likeness (QED) is 0.816. The molecule has 1 fully saturated rings. The molecule has 0 bridgehead atoms. The van der Waals surface area contributed by atoms with Crippen molar-refractivity contribution in [2.24, 2.45) is 0 Å². The smallest absolute Gasteiger partial charge is 0.387 e. The van der Waals surface area contributed by atoms with Gasteiger partial charge in [0.25, 0.3) is 5.91 Å². The van der Waals surface area contributed by atoms with Gasteiger partial charge in [-0.2, -0.15) is 8.78 Å². The van der Waals surface area contributed by atoms with Crippen LogP contribution in [0.5, 0.6) is 11.5 Å². The van der Waals surface area contributed by atoms with Crippen LogP contribution in [0, 0.1) is 0 Å². The van der Waals surface area contributed by atoms with Crippen LogP contribution in [0.25, 0.3) is 0 Å². The van der Waals surface area contributed by atoms with E-state index in [0.717, 1.165) is 5.56 Å². The zero-order chi connectivity index (χ0) is 18.5.